The molecule has 22 heavy (non-hydrogen) atoms. The predicted octanol–water partition coefficient (Wildman–Crippen LogP) is -8.16. The molecule has 0 aliphatic heterocycles. The van der Waals surface area contributed by atoms with Gasteiger partial charge in [0.05, 0.1) is 0 Å². The van der Waals surface area contributed by atoms with Crippen molar-refractivity contribution in [3.8, 4) is 5.75 Å². The Hall–Kier alpha value is 0.260. The Morgan fingerprint density at radius 2 is 1.64 bits per heavy atom. The molecule has 0 saturated carbocycles. The summed E-state index contributed by atoms with van der Waals surface area (Å²) < 4.78 is 19.5. The van der Waals surface area contributed by atoms with E-state index in [4.69, 9.17) is 4.42 Å². The van der Waals surface area contributed by atoms with Gasteiger partial charge in [-0.1, -0.05) is 0 Å². The molecule has 114 valence electrons. The zero-order valence-electron chi connectivity index (χ0n) is 12.2. The van der Waals surface area contributed by atoms with Crippen LogP contribution in [0.1, 0.15) is 5.56 Å². The van der Waals surface area contributed by atoms with E-state index < -0.39 is 13.4 Å². The molecule has 1 heterocycles. The first-order valence-electron chi connectivity index (χ1n) is 4.61. The Morgan fingerprint density at radius 3 is 2.14 bits per heavy atom. The summed E-state index contributed by atoms with van der Waals surface area (Å²) in [6.45, 7) is 1.71. The summed E-state index contributed by atoms with van der Waals surface area (Å²) in [7, 11) is -5.11. The van der Waals surface area contributed by atoms with Gasteiger partial charge in [-0.25, -0.2) is 4.79 Å². The van der Waals surface area contributed by atoms with Gasteiger partial charge in [0.15, 0.2) is 0 Å². The fourth-order valence-electron chi connectivity index (χ4n) is 1.49. The van der Waals surface area contributed by atoms with E-state index in [1.807, 2.05) is 0 Å². The van der Waals surface area contributed by atoms with Gasteiger partial charge in [-0.3, -0.25) is 0 Å². The van der Waals surface area contributed by atoms with E-state index in [1.165, 1.54) is 24.3 Å². The Balaban J connectivity index is -0.000000324. The first-order valence-corrected chi connectivity index (χ1v) is 6.07. The first-order chi connectivity index (χ1) is 7.85. The second-order valence-corrected chi connectivity index (χ2v) is 4.52. The fraction of sp³-hybridized carbons (Fsp3) is 0.100. The summed E-state index contributed by atoms with van der Waals surface area (Å²) in [6, 6.07) is 5.33. The molecule has 0 aliphatic carbocycles. The van der Waals surface area contributed by atoms with Gasteiger partial charge in [-0.2, -0.15) is 0 Å². The summed E-state index contributed by atoms with van der Waals surface area (Å²) in [5, 5.41) is 0.642. The van der Waals surface area contributed by atoms with Crippen LogP contribution in [0, 0.1) is 6.92 Å². The fourth-order valence-corrected chi connectivity index (χ4v) is 1.86. The Morgan fingerprint density at radius 1 is 1.09 bits per heavy atom. The minimum atomic E-state index is -5.11. The second kappa shape index (κ2) is 11.7. The van der Waals surface area contributed by atoms with Crippen molar-refractivity contribution in [2.75, 3.05) is 0 Å². The molecule has 2 aromatic rings. The molecule has 0 saturated heterocycles. The Kier molecular flexibility index (Phi) is 16.1. The molecule has 0 spiro atoms. The van der Waals surface area contributed by atoms with Crippen LogP contribution in [0.2, 0.25) is 0 Å². The van der Waals surface area contributed by atoms with Crippen LogP contribution >= 0.6 is 7.82 Å². The number of fused-ring (bicyclic) bond motifs is 1. The molecule has 0 radical (unpaired) electrons. The third-order valence-electron chi connectivity index (χ3n) is 2.14. The zero-order valence-corrected chi connectivity index (χ0v) is 17.1. The SMILES string of the molecule is Cc1cc(=O)oc2cc(OP(=O)([O-])[O-])ccc12.O.O.O.[Na+].[Na+]. The summed E-state index contributed by atoms with van der Waals surface area (Å²) in [6.07, 6.45) is 0. The van der Waals surface area contributed by atoms with Gasteiger partial charge < -0.3 is 39.7 Å². The monoisotopic (exact) mass is 354 g/mol. The van der Waals surface area contributed by atoms with Crippen molar-refractivity contribution >= 4 is 18.8 Å². The first kappa shape index (κ1) is 30.2. The molecule has 0 bridgehead atoms. The summed E-state index contributed by atoms with van der Waals surface area (Å²) in [5.74, 6) is -0.181. The molecule has 0 fully saturated rings. The van der Waals surface area contributed by atoms with Crippen LogP contribution in [-0.4, -0.2) is 16.4 Å². The van der Waals surface area contributed by atoms with Crippen LogP contribution in [0.4, 0.5) is 0 Å². The van der Waals surface area contributed by atoms with E-state index in [0.29, 0.717) is 10.9 Å². The minimum Gasteiger partial charge on any atom is -0.780 e. The van der Waals surface area contributed by atoms with E-state index in [1.54, 1.807) is 6.92 Å². The van der Waals surface area contributed by atoms with E-state index in [2.05, 4.69) is 4.52 Å². The van der Waals surface area contributed by atoms with Crippen molar-refractivity contribution < 1.29 is 98.8 Å². The largest absolute Gasteiger partial charge is 1.00 e. The quantitative estimate of drug-likeness (QED) is 0.291. The van der Waals surface area contributed by atoms with Gasteiger partial charge in [0.25, 0.3) is 0 Å². The third-order valence-corrected chi connectivity index (χ3v) is 2.57. The van der Waals surface area contributed by atoms with Crippen molar-refractivity contribution in [1.29, 1.82) is 0 Å². The van der Waals surface area contributed by atoms with Gasteiger partial charge in [0, 0.05) is 17.5 Å². The number of benzene rings is 1. The number of hydrogen-bond donors (Lipinski definition) is 0. The minimum absolute atomic E-state index is 0. The van der Waals surface area contributed by atoms with Crippen LogP contribution in [-0.2, 0) is 4.57 Å². The third kappa shape index (κ3) is 8.21. The maximum atomic E-state index is 11.1. The molecular formula is C10H13Na2O9P. The van der Waals surface area contributed by atoms with Gasteiger partial charge in [0.2, 0.25) is 0 Å². The van der Waals surface area contributed by atoms with Crippen LogP contribution in [0.3, 0.4) is 0 Å². The smallest absolute Gasteiger partial charge is 0.780 e. The van der Waals surface area contributed by atoms with Crippen molar-refractivity contribution in [2.45, 2.75) is 6.92 Å². The molecule has 0 atom stereocenters. The Bertz CT molecular complexity index is 682. The number of phosphoric acid groups is 1. The van der Waals surface area contributed by atoms with Gasteiger partial charge >= 0.3 is 64.7 Å². The molecule has 0 amide bonds. The maximum absolute atomic E-state index is 11.1. The molecular weight excluding hydrogens is 341 g/mol. The number of hydrogen-bond acceptors (Lipinski definition) is 6. The number of aryl methyl sites for hydroxylation is 1. The molecule has 0 aliphatic rings. The van der Waals surface area contributed by atoms with Crippen molar-refractivity contribution in [1.82, 2.24) is 0 Å². The predicted molar refractivity (Wildman–Crippen MR) is 66.3 cm³/mol. The van der Waals surface area contributed by atoms with E-state index in [-0.39, 0.29) is 86.9 Å². The molecule has 0 unspecified atom stereocenters. The van der Waals surface area contributed by atoms with Gasteiger partial charge in [-0.15, -0.1) is 0 Å². The van der Waals surface area contributed by atoms with Crippen LogP contribution in [0.5, 0.6) is 5.75 Å². The van der Waals surface area contributed by atoms with Crippen LogP contribution < -0.4 is 79.1 Å². The van der Waals surface area contributed by atoms with Crippen molar-refractivity contribution in [3.05, 3.63) is 40.2 Å². The number of phosphoric ester groups is 1. The van der Waals surface area contributed by atoms with E-state index >= 15 is 0 Å². The van der Waals surface area contributed by atoms with E-state index in [9.17, 15) is 19.1 Å². The molecule has 6 N–H and O–H groups in total. The molecule has 9 nitrogen and oxygen atoms in total. The maximum Gasteiger partial charge on any atom is 1.00 e. The van der Waals surface area contributed by atoms with E-state index in [0.717, 1.165) is 0 Å². The van der Waals surface area contributed by atoms with Crippen molar-refractivity contribution in [3.63, 3.8) is 0 Å². The van der Waals surface area contributed by atoms with Crippen molar-refractivity contribution in [2.24, 2.45) is 0 Å². The van der Waals surface area contributed by atoms with Gasteiger partial charge in [-0.05, 0) is 24.6 Å². The molecule has 1 aromatic heterocycles. The van der Waals surface area contributed by atoms with Crippen LogP contribution in [0.25, 0.3) is 11.0 Å². The molecule has 2 rings (SSSR count). The van der Waals surface area contributed by atoms with Crippen LogP contribution in [0.15, 0.2) is 33.5 Å². The zero-order chi connectivity index (χ0) is 12.6. The average Bonchev–Trinajstić information content (AvgIpc) is 2.13. The molecule has 12 heteroatoms. The second-order valence-electron chi connectivity index (χ2n) is 3.44. The summed E-state index contributed by atoms with van der Waals surface area (Å²) >= 11 is 0. The Labute approximate surface area is 169 Å². The average molecular weight is 354 g/mol. The number of rotatable bonds is 2. The summed E-state index contributed by atoms with van der Waals surface area (Å²) in [5.41, 5.74) is 0.302. The standard InChI is InChI=1S/C10H9O6P.2Na.3H2O/c1-6-4-10(11)15-9-5-7(2-3-8(6)9)16-17(12,13)14;;;;;/h2-5H,1H3,(H2,12,13,14);;;3*1H2/q;2*+1;;;/p-2. The van der Waals surface area contributed by atoms with Gasteiger partial charge in [0.1, 0.15) is 19.2 Å². The summed E-state index contributed by atoms with van der Waals surface area (Å²) in [4.78, 5) is 32.0. The molecule has 1 aromatic carbocycles. The topological polar surface area (TPSA) is 197 Å². The normalized spacial score (nSPS) is 9.05.